The van der Waals surface area contributed by atoms with Crippen molar-refractivity contribution in [1.29, 1.82) is 0 Å². The molecule has 1 N–H and O–H groups in total. The predicted octanol–water partition coefficient (Wildman–Crippen LogP) is 6.19. The molecule has 6 heteroatoms. The van der Waals surface area contributed by atoms with E-state index in [0.717, 1.165) is 34.7 Å². The molecule has 0 spiro atoms. The Kier molecular flexibility index (Phi) is 7.47. The van der Waals surface area contributed by atoms with Crippen LogP contribution in [0.15, 0.2) is 95.9 Å². The van der Waals surface area contributed by atoms with Crippen molar-refractivity contribution in [1.82, 2.24) is 10.2 Å². The van der Waals surface area contributed by atoms with Gasteiger partial charge in [0.05, 0.1) is 0 Å². The van der Waals surface area contributed by atoms with Gasteiger partial charge in [-0.25, -0.2) is 0 Å². The van der Waals surface area contributed by atoms with Crippen molar-refractivity contribution in [2.24, 2.45) is 0 Å². The van der Waals surface area contributed by atoms with E-state index in [4.69, 9.17) is 0 Å². The number of nitrogens with one attached hydrogen (secondary N) is 1. The van der Waals surface area contributed by atoms with E-state index >= 15 is 0 Å². The normalized spacial score (nSPS) is 11.7. The summed E-state index contributed by atoms with van der Waals surface area (Å²) in [6.07, 6.45) is 2.86. The highest BCUT2D eigenvalue weighted by Gasteiger charge is 2.23. The fourth-order valence-electron chi connectivity index (χ4n) is 3.20. The smallest absolute Gasteiger partial charge is 0.244 e. The van der Waals surface area contributed by atoms with E-state index in [9.17, 15) is 4.79 Å². The van der Waals surface area contributed by atoms with Crippen LogP contribution in [0.2, 0.25) is 0 Å². The monoisotopic (exact) mass is 445 g/mol. The molecule has 0 radical (unpaired) electrons. The molecule has 4 nitrogen and oxygen atoms in total. The van der Waals surface area contributed by atoms with Gasteiger partial charge in [-0.15, -0.1) is 22.0 Å². The summed E-state index contributed by atoms with van der Waals surface area (Å²) in [4.78, 5) is 14.2. The Morgan fingerprint density at radius 3 is 2.19 bits per heavy atom. The molecule has 0 aliphatic heterocycles. The Labute approximate surface area is 190 Å². The SMILES string of the molecule is O=C(Nc1nnc(CCCc2ccccc2)s1)C(Sc1ccccc1)c1ccccc1. The number of carbonyl (C=O) groups is 1. The number of aryl methyl sites for hydroxylation is 2. The van der Waals surface area contributed by atoms with Gasteiger partial charge in [0, 0.05) is 11.3 Å². The topological polar surface area (TPSA) is 54.9 Å². The summed E-state index contributed by atoms with van der Waals surface area (Å²) in [6, 6.07) is 30.2. The Balaban J connectivity index is 1.39. The number of nitrogens with zero attached hydrogens (tertiary/aromatic N) is 2. The third-order valence-corrected chi connectivity index (χ3v) is 6.90. The molecule has 1 atom stereocenters. The number of thioether (sulfide) groups is 1. The van der Waals surface area contributed by atoms with Crippen LogP contribution in [-0.4, -0.2) is 16.1 Å². The number of aromatic nitrogens is 2. The molecule has 0 bridgehead atoms. The third-order valence-electron chi connectivity index (χ3n) is 4.73. The van der Waals surface area contributed by atoms with Gasteiger partial charge in [0.25, 0.3) is 0 Å². The molecule has 1 amide bonds. The van der Waals surface area contributed by atoms with Gasteiger partial charge in [-0.05, 0) is 36.1 Å². The van der Waals surface area contributed by atoms with E-state index in [-0.39, 0.29) is 11.2 Å². The number of benzene rings is 3. The number of amides is 1. The lowest BCUT2D eigenvalue weighted by molar-refractivity contribution is -0.115. The molecular formula is C25H23N3OS2. The second-order valence-electron chi connectivity index (χ2n) is 7.05. The maximum atomic E-state index is 13.1. The number of carbonyl (C=O) groups excluding carboxylic acids is 1. The van der Waals surface area contributed by atoms with Gasteiger partial charge in [-0.2, -0.15) is 0 Å². The zero-order valence-corrected chi connectivity index (χ0v) is 18.6. The van der Waals surface area contributed by atoms with Crippen LogP contribution in [0.5, 0.6) is 0 Å². The quantitative estimate of drug-likeness (QED) is 0.312. The van der Waals surface area contributed by atoms with Crippen molar-refractivity contribution < 1.29 is 4.79 Å². The summed E-state index contributed by atoms with van der Waals surface area (Å²) in [5.74, 6) is -0.0907. The zero-order valence-electron chi connectivity index (χ0n) is 17.0. The van der Waals surface area contributed by atoms with Gasteiger partial charge in [-0.1, -0.05) is 90.2 Å². The average Bonchev–Trinajstić information content (AvgIpc) is 3.26. The molecule has 1 unspecified atom stereocenters. The van der Waals surface area contributed by atoms with Crippen LogP contribution in [0.1, 0.15) is 27.8 Å². The van der Waals surface area contributed by atoms with E-state index in [0.29, 0.717) is 5.13 Å². The van der Waals surface area contributed by atoms with E-state index in [1.165, 1.54) is 28.7 Å². The lowest BCUT2D eigenvalue weighted by Crippen LogP contribution is -2.18. The van der Waals surface area contributed by atoms with E-state index in [2.05, 4.69) is 39.8 Å². The van der Waals surface area contributed by atoms with Crippen molar-refractivity contribution in [2.45, 2.75) is 29.4 Å². The van der Waals surface area contributed by atoms with Crippen LogP contribution in [0, 0.1) is 0 Å². The third kappa shape index (κ3) is 6.26. The predicted molar refractivity (Wildman–Crippen MR) is 128 cm³/mol. The maximum Gasteiger partial charge on any atom is 0.244 e. The van der Waals surface area contributed by atoms with Gasteiger partial charge in [0.2, 0.25) is 11.0 Å². The Morgan fingerprint density at radius 2 is 1.48 bits per heavy atom. The number of hydrogen-bond acceptors (Lipinski definition) is 5. The van der Waals surface area contributed by atoms with Gasteiger partial charge < -0.3 is 0 Å². The molecule has 0 saturated heterocycles. The average molecular weight is 446 g/mol. The fraction of sp³-hybridized carbons (Fsp3) is 0.160. The van der Waals surface area contributed by atoms with Crippen LogP contribution in [0.4, 0.5) is 5.13 Å². The van der Waals surface area contributed by atoms with Crippen molar-refractivity contribution in [3.8, 4) is 0 Å². The van der Waals surface area contributed by atoms with Crippen molar-refractivity contribution in [3.63, 3.8) is 0 Å². The minimum absolute atomic E-state index is 0.0907. The highest BCUT2D eigenvalue weighted by molar-refractivity contribution is 8.00. The maximum absolute atomic E-state index is 13.1. The second-order valence-corrected chi connectivity index (χ2v) is 9.29. The first-order chi connectivity index (χ1) is 15.3. The summed E-state index contributed by atoms with van der Waals surface area (Å²) in [5, 5.41) is 12.6. The number of hydrogen-bond donors (Lipinski definition) is 1. The van der Waals surface area contributed by atoms with E-state index in [1.807, 2.05) is 66.7 Å². The summed E-state index contributed by atoms with van der Waals surface area (Å²) in [5.41, 5.74) is 2.28. The number of anilines is 1. The molecule has 1 aromatic heterocycles. The molecule has 0 saturated carbocycles. The zero-order chi connectivity index (χ0) is 21.3. The molecule has 4 rings (SSSR count). The molecule has 4 aromatic rings. The highest BCUT2D eigenvalue weighted by Crippen LogP contribution is 2.36. The van der Waals surface area contributed by atoms with Crippen LogP contribution < -0.4 is 5.32 Å². The van der Waals surface area contributed by atoms with Crippen molar-refractivity contribution in [3.05, 3.63) is 107 Å². The lowest BCUT2D eigenvalue weighted by atomic mass is 10.1. The number of rotatable bonds is 9. The fourth-order valence-corrected chi connectivity index (χ4v) is 5.03. The van der Waals surface area contributed by atoms with Crippen LogP contribution in [-0.2, 0) is 17.6 Å². The minimum atomic E-state index is -0.367. The van der Waals surface area contributed by atoms with Crippen molar-refractivity contribution >= 4 is 34.1 Å². The molecule has 0 aliphatic carbocycles. The summed E-state index contributed by atoms with van der Waals surface area (Å²) in [6.45, 7) is 0. The summed E-state index contributed by atoms with van der Waals surface area (Å²) in [7, 11) is 0. The first kappa shape index (κ1) is 21.3. The standard InChI is InChI=1S/C25H23N3OS2/c29-24(23(20-14-6-2-7-15-20)30-21-16-8-3-9-17-21)26-25-28-27-22(31-25)18-10-13-19-11-4-1-5-12-19/h1-9,11-12,14-17,23H,10,13,18H2,(H,26,28,29). The lowest BCUT2D eigenvalue weighted by Gasteiger charge is -2.16. The van der Waals surface area contributed by atoms with Crippen LogP contribution >= 0.6 is 23.1 Å². The molecule has 0 aliphatic rings. The highest BCUT2D eigenvalue weighted by atomic mass is 32.2. The Morgan fingerprint density at radius 1 is 0.839 bits per heavy atom. The molecular weight excluding hydrogens is 422 g/mol. The van der Waals surface area contributed by atoms with E-state index in [1.54, 1.807) is 0 Å². The second kappa shape index (κ2) is 10.9. The first-order valence-corrected chi connectivity index (χ1v) is 11.9. The minimum Gasteiger partial charge on any atom is -0.299 e. The molecule has 1 heterocycles. The van der Waals surface area contributed by atoms with Gasteiger partial charge in [0.15, 0.2) is 0 Å². The Bertz CT molecular complexity index is 1090. The summed E-state index contributed by atoms with van der Waals surface area (Å²) < 4.78 is 0. The van der Waals surface area contributed by atoms with Crippen LogP contribution in [0.25, 0.3) is 0 Å². The van der Waals surface area contributed by atoms with Crippen molar-refractivity contribution in [2.75, 3.05) is 5.32 Å². The molecule has 156 valence electrons. The van der Waals surface area contributed by atoms with Gasteiger partial charge in [-0.3, -0.25) is 10.1 Å². The van der Waals surface area contributed by atoms with E-state index < -0.39 is 0 Å². The molecule has 3 aromatic carbocycles. The van der Waals surface area contributed by atoms with Gasteiger partial charge >= 0.3 is 0 Å². The summed E-state index contributed by atoms with van der Waals surface area (Å²) >= 11 is 2.98. The molecule has 31 heavy (non-hydrogen) atoms. The Hall–Kier alpha value is -2.96. The van der Waals surface area contributed by atoms with Gasteiger partial charge in [0.1, 0.15) is 10.3 Å². The largest absolute Gasteiger partial charge is 0.299 e. The van der Waals surface area contributed by atoms with Crippen LogP contribution in [0.3, 0.4) is 0 Å². The first-order valence-electron chi connectivity index (χ1n) is 10.2. The molecule has 0 fully saturated rings.